The molecule has 0 atom stereocenters. The smallest absolute Gasteiger partial charge is 0.347 e. The fraction of sp³-hybridized carbons (Fsp3) is 0.300. The number of hydrogen-bond donors (Lipinski definition) is 2. The second kappa shape index (κ2) is 8.68. The zero-order valence-corrected chi connectivity index (χ0v) is 16.1. The summed E-state index contributed by atoms with van der Waals surface area (Å²) in [6.45, 7) is 1.23. The number of carbonyl (C=O) groups is 3. The third-order valence-electron chi connectivity index (χ3n) is 4.69. The third kappa shape index (κ3) is 4.43. The number of benzene rings is 1. The van der Waals surface area contributed by atoms with Crippen molar-refractivity contribution in [2.45, 2.75) is 12.8 Å². The van der Waals surface area contributed by atoms with Gasteiger partial charge in [-0.3, -0.25) is 15.0 Å². The molecule has 0 radical (unpaired) electrons. The van der Waals surface area contributed by atoms with Crippen LogP contribution in [0.1, 0.15) is 23.2 Å². The van der Waals surface area contributed by atoms with Crippen LogP contribution in [0.25, 0.3) is 0 Å². The van der Waals surface area contributed by atoms with Crippen LogP contribution in [0.15, 0.2) is 36.5 Å². The van der Waals surface area contributed by atoms with E-state index < -0.39 is 24.5 Å². The van der Waals surface area contributed by atoms with Crippen molar-refractivity contribution < 1.29 is 33.6 Å². The number of hydrogen-bond acceptors (Lipinski definition) is 7. The Labute approximate surface area is 172 Å². The van der Waals surface area contributed by atoms with E-state index in [1.807, 2.05) is 0 Å². The van der Waals surface area contributed by atoms with Gasteiger partial charge in [-0.15, -0.1) is 0 Å². The second-order valence-corrected chi connectivity index (χ2v) is 6.77. The number of pyridine rings is 1. The van der Waals surface area contributed by atoms with Gasteiger partial charge in [0.05, 0.1) is 19.3 Å². The SMILES string of the molecule is O=C(COC(=O)c1ccc[nH+]c1N1CCCC1)NC(=O)Nc1ccc2c(c1)OCO2. The molecule has 10 nitrogen and oxygen atoms in total. The first-order valence-electron chi connectivity index (χ1n) is 9.53. The van der Waals surface area contributed by atoms with Crippen molar-refractivity contribution >= 4 is 29.4 Å². The molecule has 0 saturated carbocycles. The van der Waals surface area contributed by atoms with Crippen LogP contribution in [0.2, 0.25) is 0 Å². The molecule has 2 aromatic rings. The van der Waals surface area contributed by atoms with Gasteiger partial charge in [0.25, 0.3) is 11.7 Å². The molecule has 0 unspecified atom stereocenters. The fourth-order valence-electron chi connectivity index (χ4n) is 3.30. The highest BCUT2D eigenvalue weighted by Gasteiger charge is 2.28. The lowest BCUT2D eigenvalue weighted by molar-refractivity contribution is -0.364. The molecule has 0 bridgehead atoms. The summed E-state index contributed by atoms with van der Waals surface area (Å²) in [5.74, 6) is 0.363. The van der Waals surface area contributed by atoms with E-state index in [2.05, 4.69) is 20.5 Å². The molecular weight excluding hydrogens is 392 g/mol. The van der Waals surface area contributed by atoms with E-state index in [0.717, 1.165) is 25.9 Å². The van der Waals surface area contributed by atoms with Crippen molar-refractivity contribution in [3.63, 3.8) is 0 Å². The molecule has 156 valence electrons. The van der Waals surface area contributed by atoms with Crippen molar-refractivity contribution in [1.29, 1.82) is 0 Å². The average molecular weight is 413 g/mol. The Morgan fingerprint density at radius 2 is 1.90 bits per heavy atom. The number of ether oxygens (including phenoxy) is 3. The van der Waals surface area contributed by atoms with Gasteiger partial charge in [-0.25, -0.2) is 14.6 Å². The number of esters is 1. The summed E-state index contributed by atoms with van der Waals surface area (Å²) in [6.07, 6.45) is 3.84. The number of aromatic nitrogens is 1. The number of amides is 3. The van der Waals surface area contributed by atoms with Crippen LogP contribution in [0, 0.1) is 0 Å². The number of H-pyrrole nitrogens is 1. The maximum absolute atomic E-state index is 12.4. The summed E-state index contributed by atoms with van der Waals surface area (Å²) in [5.41, 5.74) is 0.772. The molecule has 1 fully saturated rings. The molecule has 30 heavy (non-hydrogen) atoms. The Hall–Kier alpha value is -3.82. The van der Waals surface area contributed by atoms with Crippen molar-refractivity contribution in [2.24, 2.45) is 0 Å². The van der Waals surface area contributed by atoms with Gasteiger partial charge in [0, 0.05) is 11.8 Å². The average Bonchev–Trinajstić information content (AvgIpc) is 3.43. The molecule has 4 rings (SSSR count). The Balaban J connectivity index is 1.28. The first-order valence-corrected chi connectivity index (χ1v) is 9.53. The van der Waals surface area contributed by atoms with Gasteiger partial charge in [0.15, 0.2) is 18.1 Å². The maximum Gasteiger partial charge on any atom is 0.347 e. The van der Waals surface area contributed by atoms with Crippen LogP contribution in [-0.2, 0) is 9.53 Å². The molecule has 3 amide bonds. The van der Waals surface area contributed by atoms with Crippen molar-refractivity contribution in [3.8, 4) is 11.5 Å². The topological polar surface area (TPSA) is 120 Å². The van der Waals surface area contributed by atoms with E-state index in [-0.39, 0.29) is 6.79 Å². The molecule has 0 spiro atoms. The predicted molar refractivity (Wildman–Crippen MR) is 104 cm³/mol. The molecule has 3 N–H and O–H groups in total. The molecule has 2 aliphatic heterocycles. The minimum Gasteiger partial charge on any atom is -0.454 e. The van der Waals surface area contributed by atoms with E-state index in [4.69, 9.17) is 14.2 Å². The Bertz CT molecular complexity index is 974. The van der Waals surface area contributed by atoms with Gasteiger partial charge in [0.1, 0.15) is 5.56 Å². The lowest BCUT2D eigenvalue weighted by atomic mass is 10.2. The monoisotopic (exact) mass is 413 g/mol. The normalized spacial score (nSPS) is 14.3. The van der Waals surface area contributed by atoms with Gasteiger partial charge in [-0.2, -0.15) is 0 Å². The van der Waals surface area contributed by atoms with Crippen LogP contribution in [-0.4, -0.2) is 44.4 Å². The summed E-state index contributed by atoms with van der Waals surface area (Å²) in [5, 5.41) is 4.63. The van der Waals surface area contributed by atoms with Gasteiger partial charge < -0.3 is 19.5 Å². The molecule has 1 aromatic heterocycles. The molecule has 0 aliphatic carbocycles. The highest BCUT2D eigenvalue weighted by molar-refractivity contribution is 6.02. The van der Waals surface area contributed by atoms with Gasteiger partial charge >= 0.3 is 12.0 Å². The van der Waals surface area contributed by atoms with E-state index in [1.54, 1.807) is 36.5 Å². The summed E-state index contributed by atoms with van der Waals surface area (Å²) >= 11 is 0. The Kier molecular flexibility index (Phi) is 5.64. The number of aromatic amines is 1. The maximum atomic E-state index is 12.4. The standard InChI is InChI=1S/C20H20N4O6/c25-17(23-20(27)22-13-5-6-15-16(10-13)30-12-29-15)11-28-19(26)14-4-3-7-21-18(14)24-8-1-2-9-24/h3-7,10H,1-2,8-9,11-12H2,(H2,22,23,25,27)/p+1. The Morgan fingerprint density at radius 3 is 2.73 bits per heavy atom. The molecule has 1 aromatic carbocycles. The lowest BCUT2D eigenvalue weighted by Crippen LogP contribution is -2.37. The summed E-state index contributed by atoms with van der Waals surface area (Å²) in [6, 6.07) is 7.42. The quantitative estimate of drug-likeness (QED) is 0.710. The van der Waals surface area contributed by atoms with Crippen molar-refractivity contribution in [3.05, 3.63) is 42.1 Å². The minimum atomic E-state index is -0.749. The Morgan fingerprint density at radius 1 is 1.10 bits per heavy atom. The van der Waals surface area contributed by atoms with Gasteiger partial charge in [-0.05, 0) is 37.1 Å². The highest BCUT2D eigenvalue weighted by atomic mass is 16.7. The van der Waals surface area contributed by atoms with Crippen LogP contribution in [0.4, 0.5) is 16.3 Å². The van der Waals surface area contributed by atoms with Crippen molar-refractivity contribution in [2.75, 3.05) is 36.7 Å². The van der Waals surface area contributed by atoms with Crippen LogP contribution < -0.4 is 30.0 Å². The number of carbonyl (C=O) groups excluding carboxylic acids is 3. The van der Waals surface area contributed by atoms with Crippen LogP contribution >= 0.6 is 0 Å². The number of imide groups is 1. The van der Waals surface area contributed by atoms with E-state index in [1.165, 1.54) is 0 Å². The first kappa shape index (κ1) is 19.5. The van der Waals surface area contributed by atoms with Gasteiger partial charge in [-0.1, -0.05) is 0 Å². The molecule has 10 heteroatoms. The minimum absolute atomic E-state index is 0.119. The third-order valence-corrected chi connectivity index (χ3v) is 4.69. The van der Waals surface area contributed by atoms with Crippen LogP contribution in [0.5, 0.6) is 11.5 Å². The van der Waals surface area contributed by atoms with E-state index in [9.17, 15) is 14.4 Å². The lowest BCUT2D eigenvalue weighted by Gasteiger charge is -2.12. The highest BCUT2D eigenvalue weighted by Crippen LogP contribution is 2.34. The van der Waals surface area contributed by atoms with Crippen molar-refractivity contribution in [1.82, 2.24) is 5.32 Å². The molecule has 1 saturated heterocycles. The number of rotatable bonds is 5. The molecule has 2 aliphatic rings. The van der Waals surface area contributed by atoms with E-state index in [0.29, 0.717) is 28.6 Å². The number of anilines is 2. The van der Waals surface area contributed by atoms with Gasteiger partial charge in [0.2, 0.25) is 6.79 Å². The first-order chi connectivity index (χ1) is 14.6. The summed E-state index contributed by atoms with van der Waals surface area (Å²) < 4.78 is 15.5. The number of nitrogens with zero attached hydrogens (tertiary/aromatic N) is 1. The predicted octanol–water partition coefficient (Wildman–Crippen LogP) is 1.33. The zero-order chi connectivity index (χ0) is 20.9. The summed E-state index contributed by atoms with van der Waals surface area (Å²) in [7, 11) is 0. The fourth-order valence-corrected chi connectivity index (χ4v) is 3.30. The molecular formula is C20H21N4O6+. The number of urea groups is 1. The number of fused-ring (bicyclic) bond motifs is 1. The number of nitrogens with one attached hydrogen (secondary N) is 3. The largest absolute Gasteiger partial charge is 0.454 e. The summed E-state index contributed by atoms with van der Waals surface area (Å²) in [4.78, 5) is 41.6. The molecule has 3 heterocycles. The zero-order valence-electron chi connectivity index (χ0n) is 16.1. The van der Waals surface area contributed by atoms with E-state index >= 15 is 0 Å². The van der Waals surface area contributed by atoms with Crippen LogP contribution in [0.3, 0.4) is 0 Å². The second-order valence-electron chi connectivity index (χ2n) is 6.77.